The fourth-order valence-electron chi connectivity index (χ4n) is 8.42. The van der Waals surface area contributed by atoms with Gasteiger partial charge in [0.05, 0.1) is 0 Å². The lowest BCUT2D eigenvalue weighted by Crippen LogP contribution is -2.30. The second kappa shape index (κ2) is 13.9. The van der Waals surface area contributed by atoms with E-state index in [9.17, 15) is 4.57 Å². The molecule has 5 heteroatoms. The molecule has 54 heavy (non-hydrogen) atoms. The zero-order valence-electron chi connectivity index (χ0n) is 30.7. The van der Waals surface area contributed by atoms with E-state index in [1.165, 1.54) is 36.0 Å². The van der Waals surface area contributed by atoms with Gasteiger partial charge in [-0.15, -0.1) is 0 Å². The van der Waals surface area contributed by atoms with Gasteiger partial charge >= 0.3 is 0 Å². The maximum Gasteiger partial charge on any atom is 0.165 e. The fourth-order valence-corrected chi connectivity index (χ4v) is 9.29. The van der Waals surface area contributed by atoms with Crippen LogP contribution in [0.15, 0.2) is 158 Å². The molecule has 0 aliphatic heterocycles. The smallest absolute Gasteiger partial charge is 0.165 e. The highest BCUT2D eigenvalue weighted by Gasteiger charge is 2.35. The van der Waals surface area contributed by atoms with Crippen LogP contribution < -0.4 is 5.30 Å². The highest BCUT2D eigenvalue weighted by atomic mass is 31.2. The Balaban J connectivity index is 1.12. The molecule has 1 fully saturated rings. The average Bonchev–Trinajstić information content (AvgIpc) is 3.23. The van der Waals surface area contributed by atoms with Crippen LogP contribution in [0.3, 0.4) is 0 Å². The largest absolute Gasteiger partial charge is 0.319 e. The van der Waals surface area contributed by atoms with Gasteiger partial charge in [-0.2, -0.15) is 0 Å². The minimum absolute atomic E-state index is 0.0580. The van der Waals surface area contributed by atoms with Crippen molar-refractivity contribution < 1.29 is 4.57 Å². The molecule has 1 aromatic heterocycles. The van der Waals surface area contributed by atoms with Crippen LogP contribution in [-0.4, -0.2) is 28.3 Å². The predicted octanol–water partition coefficient (Wildman–Crippen LogP) is 12.3. The van der Waals surface area contributed by atoms with Crippen LogP contribution in [0.5, 0.6) is 0 Å². The van der Waals surface area contributed by atoms with Gasteiger partial charge in [0.15, 0.2) is 17.5 Å². The van der Waals surface area contributed by atoms with Crippen LogP contribution in [-0.2, 0) is 9.98 Å². The molecule has 0 N–H and O–H groups in total. The van der Waals surface area contributed by atoms with Crippen molar-refractivity contribution >= 4 is 34.0 Å². The molecule has 0 radical (unpaired) electrons. The molecule has 1 aliphatic rings. The van der Waals surface area contributed by atoms with Gasteiger partial charge < -0.3 is 4.57 Å². The number of rotatable bonds is 7. The van der Waals surface area contributed by atoms with Crippen LogP contribution in [0.1, 0.15) is 43.2 Å². The van der Waals surface area contributed by atoms with Gasteiger partial charge in [0.2, 0.25) is 0 Å². The maximum absolute atomic E-state index is 12.6. The van der Waals surface area contributed by atoms with Gasteiger partial charge in [0, 0.05) is 27.4 Å². The standard InChI is InChI=1S/C49H42N3OP/c1-54(2,53)42-29-23-35(24-30-42)34-19-25-40(26-20-34)49(31-11-4-12-32-49)41-27-21-37(22-28-41)47-50-46(36-13-5-3-6-14-36)51-48(52-47)45-43-17-9-7-15-38(43)33-39-16-8-10-18-44(39)45/h3,5-10,13-30,33H,4,11-12,31-32H2,1-2H3. The van der Waals surface area contributed by atoms with E-state index in [-0.39, 0.29) is 5.41 Å². The molecule has 7 aromatic carbocycles. The molecular formula is C49H42N3OP. The van der Waals surface area contributed by atoms with E-state index >= 15 is 0 Å². The van der Waals surface area contributed by atoms with Crippen molar-refractivity contribution in [3.63, 3.8) is 0 Å². The molecule has 1 aliphatic carbocycles. The van der Waals surface area contributed by atoms with Gasteiger partial charge in [-0.05, 0) is 76.0 Å². The lowest BCUT2D eigenvalue weighted by atomic mass is 9.65. The summed E-state index contributed by atoms with van der Waals surface area (Å²) in [5.74, 6) is 2.00. The third kappa shape index (κ3) is 6.35. The monoisotopic (exact) mass is 719 g/mol. The summed E-state index contributed by atoms with van der Waals surface area (Å²) in [5, 5.41) is 5.48. The number of hydrogen-bond acceptors (Lipinski definition) is 4. The van der Waals surface area contributed by atoms with Crippen molar-refractivity contribution in [3.8, 4) is 45.3 Å². The van der Waals surface area contributed by atoms with Crippen molar-refractivity contribution in [3.05, 3.63) is 169 Å². The molecule has 0 unspecified atom stereocenters. The van der Waals surface area contributed by atoms with Crippen molar-refractivity contribution in [2.45, 2.75) is 37.5 Å². The van der Waals surface area contributed by atoms with E-state index in [2.05, 4.69) is 127 Å². The molecule has 9 rings (SSSR count). The summed E-state index contributed by atoms with van der Waals surface area (Å²) < 4.78 is 12.6. The summed E-state index contributed by atoms with van der Waals surface area (Å²) in [6, 6.07) is 55.8. The summed E-state index contributed by atoms with van der Waals surface area (Å²) >= 11 is 0. The summed E-state index contributed by atoms with van der Waals surface area (Å²) in [4.78, 5) is 15.5. The lowest BCUT2D eigenvalue weighted by Gasteiger charge is -2.39. The first-order valence-corrected chi connectivity index (χ1v) is 21.6. The van der Waals surface area contributed by atoms with E-state index < -0.39 is 7.14 Å². The number of benzene rings is 7. The number of hydrogen-bond donors (Lipinski definition) is 0. The van der Waals surface area contributed by atoms with Gasteiger partial charge in [-0.1, -0.05) is 171 Å². The minimum Gasteiger partial charge on any atom is -0.319 e. The molecule has 4 nitrogen and oxygen atoms in total. The maximum atomic E-state index is 12.6. The average molecular weight is 720 g/mol. The molecule has 1 saturated carbocycles. The lowest BCUT2D eigenvalue weighted by molar-refractivity contribution is 0.346. The van der Waals surface area contributed by atoms with E-state index in [4.69, 9.17) is 15.0 Å². The van der Waals surface area contributed by atoms with Gasteiger partial charge in [-0.3, -0.25) is 0 Å². The van der Waals surface area contributed by atoms with Crippen LogP contribution in [0.2, 0.25) is 0 Å². The molecule has 264 valence electrons. The first-order chi connectivity index (χ1) is 26.4. The van der Waals surface area contributed by atoms with Gasteiger partial charge in [0.25, 0.3) is 0 Å². The Morgan fingerprint density at radius 2 is 0.907 bits per heavy atom. The Kier molecular flexibility index (Phi) is 8.80. The second-order valence-corrected chi connectivity index (χ2v) is 18.3. The number of nitrogens with zero attached hydrogens (tertiary/aromatic N) is 3. The summed E-state index contributed by atoms with van der Waals surface area (Å²) in [7, 11) is -2.29. The normalized spacial score (nSPS) is 14.3. The minimum atomic E-state index is -2.29. The summed E-state index contributed by atoms with van der Waals surface area (Å²) in [5.41, 5.74) is 7.91. The SMILES string of the molecule is CP(C)(=O)c1ccc(-c2ccc(C3(c4ccc(-c5nc(-c6ccccc6)nc(-c6c7ccccc7cc7ccccc67)n5)cc4)CCCCC3)cc2)cc1. The predicted molar refractivity (Wildman–Crippen MR) is 226 cm³/mol. The van der Waals surface area contributed by atoms with Crippen LogP contribution in [0.4, 0.5) is 0 Å². The molecule has 0 amide bonds. The number of fused-ring (bicyclic) bond motifs is 2. The van der Waals surface area contributed by atoms with Crippen LogP contribution >= 0.6 is 7.14 Å². The van der Waals surface area contributed by atoms with Crippen molar-refractivity contribution in [2.75, 3.05) is 13.3 Å². The Labute approximate surface area is 317 Å². The zero-order valence-corrected chi connectivity index (χ0v) is 31.6. The molecule has 0 spiro atoms. The van der Waals surface area contributed by atoms with Crippen molar-refractivity contribution in [1.29, 1.82) is 0 Å². The first-order valence-electron chi connectivity index (χ1n) is 19.0. The highest BCUT2D eigenvalue weighted by molar-refractivity contribution is 7.70. The Bertz CT molecular complexity index is 2600. The third-order valence-electron chi connectivity index (χ3n) is 11.3. The Hall–Kier alpha value is -5.70. The molecular weight excluding hydrogens is 678 g/mol. The zero-order chi connectivity index (χ0) is 36.7. The molecule has 0 atom stereocenters. The number of aromatic nitrogens is 3. The van der Waals surface area contributed by atoms with Crippen LogP contribution in [0, 0.1) is 0 Å². The van der Waals surface area contributed by atoms with Gasteiger partial charge in [-0.25, -0.2) is 15.0 Å². The quantitative estimate of drug-likeness (QED) is 0.122. The van der Waals surface area contributed by atoms with Crippen molar-refractivity contribution in [1.82, 2.24) is 15.0 Å². The molecule has 0 bridgehead atoms. The molecule has 8 aromatic rings. The Morgan fingerprint density at radius 3 is 1.44 bits per heavy atom. The first kappa shape index (κ1) is 34.1. The van der Waals surface area contributed by atoms with E-state index in [1.807, 2.05) is 43.7 Å². The third-order valence-corrected chi connectivity index (χ3v) is 12.9. The van der Waals surface area contributed by atoms with E-state index in [0.29, 0.717) is 17.5 Å². The summed E-state index contributed by atoms with van der Waals surface area (Å²) in [6.45, 7) is 3.65. The van der Waals surface area contributed by atoms with E-state index in [1.54, 1.807) is 0 Å². The topological polar surface area (TPSA) is 55.7 Å². The van der Waals surface area contributed by atoms with Crippen LogP contribution in [0.25, 0.3) is 66.8 Å². The second-order valence-electron chi connectivity index (χ2n) is 15.1. The molecule has 0 saturated heterocycles. The Morgan fingerprint density at radius 1 is 0.463 bits per heavy atom. The fraction of sp³-hybridized carbons (Fsp3) is 0.163. The van der Waals surface area contributed by atoms with Crippen molar-refractivity contribution in [2.24, 2.45) is 0 Å². The summed E-state index contributed by atoms with van der Waals surface area (Å²) in [6.07, 6.45) is 5.90. The highest BCUT2D eigenvalue weighted by Crippen LogP contribution is 2.46. The van der Waals surface area contributed by atoms with E-state index in [0.717, 1.165) is 61.9 Å². The molecule has 1 heterocycles. The van der Waals surface area contributed by atoms with Gasteiger partial charge in [0.1, 0.15) is 7.14 Å².